The summed E-state index contributed by atoms with van der Waals surface area (Å²) in [6.07, 6.45) is 1.65. The Morgan fingerprint density at radius 1 is 1.05 bits per heavy atom. The van der Waals surface area contributed by atoms with Crippen LogP contribution < -0.4 is 20.1 Å². The van der Waals surface area contributed by atoms with Crippen LogP contribution in [0, 0.1) is 0 Å². The zero-order valence-electron chi connectivity index (χ0n) is 11.2. The van der Waals surface area contributed by atoms with Crippen molar-refractivity contribution in [3.05, 3.63) is 42.6 Å². The van der Waals surface area contributed by atoms with E-state index in [2.05, 4.69) is 15.6 Å². The van der Waals surface area contributed by atoms with E-state index in [0.717, 1.165) is 17.1 Å². The number of hydrogen-bond donors (Lipinski definition) is 2. The van der Waals surface area contributed by atoms with E-state index in [4.69, 9.17) is 21.7 Å². The summed E-state index contributed by atoms with van der Waals surface area (Å²) in [5.74, 6) is 1.28. The lowest BCUT2D eigenvalue weighted by molar-refractivity contribution is 0.398. The Balaban J connectivity index is 2.01. The molecule has 2 N–H and O–H groups in total. The minimum atomic E-state index is 0.460. The summed E-state index contributed by atoms with van der Waals surface area (Å²) < 4.78 is 10.2. The van der Waals surface area contributed by atoms with Crippen LogP contribution in [0.3, 0.4) is 0 Å². The summed E-state index contributed by atoms with van der Waals surface area (Å²) >= 11 is 5.25. The van der Waals surface area contributed by atoms with E-state index in [-0.39, 0.29) is 0 Å². The third-order valence-electron chi connectivity index (χ3n) is 2.56. The third kappa shape index (κ3) is 3.58. The van der Waals surface area contributed by atoms with Crippen molar-refractivity contribution >= 4 is 28.7 Å². The average Bonchev–Trinajstić information content (AvgIpc) is 2.48. The van der Waals surface area contributed by atoms with Crippen LogP contribution >= 0.6 is 12.2 Å². The summed E-state index contributed by atoms with van der Waals surface area (Å²) in [4.78, 5) is 4.09. The molecule has 0 fully saturated rings. The molecule has 0 aliphatic carbocycles. The van der Waals surface area contributed by atoms with Crippen LogP contribution in [0.1, 0.15) is 0 Å². The van der Waals surface area contributed by atoms with Crippen LogP contribution in [0.5, 0.6) is 11.6 Å². The van der Waals surface area contributed by atoms with Gasteiger partial charge < -0.3 is 20.1 Å². The summed E-state index contributed by atoms with van der Waals surface area (Å²) in [6, 6.07) is 11.1. The molecule has 0 saturated carbocycles. The van der Waals surface area contributed by atoms with E-state index >= 15 is 0 Å². The Morgan fingerprint density at radius 2 is 1.85 bits per heavy atom. The second kappa shape index (κ2) is 6.72. The topological polar surface area (TPSA) is 55.4 Å². The molecule has 6 heteroatoms. The molecule has 5 nitrogen and oxygen atoms in total. The molecule has 0 unspecified atom stereocenters. The first kappa shape index (κ1) is 14.1. The van der Waals surface area contributed by atoms with E-state index in [1.807, 2.05) is 30.3 Å². The highest BCUT2D eigenvalue weighted by molar-refractivity contribution is 7.80. The fraction of sp³-hybridized carbons (Fsp3) is 0.143. The van der Waals surface area contributed by atoms with Crippen LogP contribution in [0.2, 0.25) is 0 Å². The molecule has 1 aromatic heterocycles. The van der Waals surface area contributed by atoms with Crippen molar-refractivity contribution in [1.29, 1.82) is 0 Å². The lowest BCUT2D eigenvalue weighted by Crippen LogP contribution is -2.19. The second-order valence-corrected chi connectivity index (χ2v) is 4.28. The molecular formula is C14H15N3O2S. The molecule has 0 bridgehead atoms. The molecule has 104 valence electrons. The quantitative estimate of drug-likeness (QED) is 0.844. The third-order valence-corrected chi connectivity index (χ3v) is 2.76. The molecule has 0 aliphatic heterocycles. The predicted octanol–water partition coefficient (Wildman–Crippen LogP) is 2.91. The molecule has 0 saturated heterocycles. The van der Waals surface area contributed by atoms with Gasteiger partial charge in [-0.2, -0.15) is 0 Å². The average molecular weight is 289 g/mol. The Kier molecular flexibility index (Phi) is 4.73. The van der Waals surface area contributed by atoms with E-state index in [9.17, 15) is 0 Å². The van der Waals surface area contributed by atoms with Crippen molar-refractivity contribution in [1.82, 2.24) is 4.98 Å². The Labute approximate surface area is 122 Å². The van der Waals surface area contributed by atoms with Crippen molar-refractivity contribution in [2.45, 2.75) is 0 Å². The molecule has 20 heavy (non-hydrogen) atoms. The molecule has 0 radical (unpaired) electrons. The number of para-hydroxylation sites is 2. The maximum atomic E-state index is 5.25. The molecule has 1 heterocycles. The van der Waals surface area contributed by atoms with E-state index in [1.54, 1.807) is 26.5 Å². The van der Waals surface area contributed by atoms with Gasteiger partial charge in [0.05, 0.1) is 31.8 Å². The molecule has 0 amide bonds. The van der Waals surface area contributed by atoms with Gasteiger partial charge in [0.15, 0.2) is 5.11 Å². The smallest absolute Gasteiger partial charge is 0.213 e. The van der Waals surface area contributed by atoms with Gasteiger partial charge in [-0.25, -0.2) is 4.98 Å². The first-order valence-corrected chi connectivity index (χ1v) is 6.35. The van der Waals surface area contributed by atoms with Crippen molar-refractivity contribution in [2.24, 2.45) is 0 Å². The second-order valence-electron chi connectivity index (χ2n) is 3.87. The van der Waals surface area contributed by atoms with Gasteiger partial charge in [-0.05, 0) is 30.4 Å². The Hall–Kier alpha value is -2.34. The molecule has 2 rings (SSSR count). The fourth-order valence-electron chi connectivity index (χ4n) is 1.61. The van der Waals surface area contributed by atoms with Crippen LogP contribution in [0.25, 0.3) is 0 Å². The number of methoxy groups -OCH3 is 2. The fourth-order valence-corrected chi connectivity index (χ4v) is 1.84. The molecule has 1 aromatic carbocycles. The van der Waals surface area contributed by atoms with E-state index in [0.29, 0.717) is 11.0 Å². The maximum Gasteiger partial charge on any atom is 0.213 e. The lowest BCUT2D eigenvalue weighted by Gasteiger charge is -2.13. The van der Waals surface area contributed by atoms with Crippen molar-refractivity contribution in [2.75, 3.05) is 24.9 Å². The summed E-state index contributed by atoms with van der Waals surface area (Å²) in [7, 11) is 3.19. The monoisotopic (exact) mass is 289 g/mol. The first-order valence-electron chi connectivity index (χ1n) is 5.94. The van der Waals surface area contributed by atoms with Crippen molar-refractivity contribution in [3.8, 4) is 11.6 Å². The largest absolute Gasteiger partial charge is 0.495 e. The SMILES string of the molecule is COc1ccc(NC(=S)Nc2ccccc2OC)cn1. The van der Waals surface area contributed by atoms with Gasteiger partial charge >= 0.3 is 0 Å². The van der Waals surface area contributed by atoms with Gasteiger partial charge in [-0.15, -0.1) is 0 Å². The minimum Gasteiger partial charge on any atom is -0.495 e. The highest BCUT2D eigenvalue weighted by Crippen LogP contribution is 2.23. The molecule has 2 aromatic rings. The van der Waals surface area contributed by atoms with Gasteiger partial charge in [0, 0.05) is 6.07 Å². The maximum absolute atomic E-state index is 5.25. The number of pyridine rings is 1. The molecule has 0 spiro atoms. The minimum absolute atomic E-state index is 0.460. The zero-order valence-corrected chi connectivity index (χ0v) is 12.0. The van der Waals surface area contributed by atoms with Crippen LogP contribution in [-0.2, 0) is 0 Å². The summed E-state index contributed by atoms with van der Waals surface area (Å²) in [5, 5.41) is 6.57. The number of rotatable bonds is 4. The Morgan fingerprint density at radius 3 is 2.50 bits per heavy atom. The summed E-state index contributed by atoms with van der Waals surface area (Å²) in [5.41, 5.74) is 1.58. The number of hydrogen-bond acceptors (Lipinski definition) is 4. The highest BCUT2D eigenvalue weighted by Gasteiger charge is 2.04. The number of nitrogens with one attached hydrogen (secondary N) is 2. The highest BCUT2D eigenvalue weighted by atomic mass is 32.1. The van der Waals surface area contributed by atoms with Gasteiger partial charge in [0.25, 0.3) is 0 Å². The van der Waals surface area contributed by atoms with Gasteiger partial charge in [-0.1, -0.05) is 12.1 Å². The number of ether oxygens (including phenoxy) is 2. The number of aromatic nitrogens is 1. The van der Waals surface area contributed by atoms with Crippen molar-refractivity contribution < 1.29 is 9.47 Å². The summed E-state index contributed by atoms with van der Waals surface area (Å²) in [6.45, 7) is 0. The molecule has 0 atom stereocenters. The van der Waals surface area contributed by atoms with E-state index in [1.165, 1.54) is 0 Å². The van der Waals surface area contributed by atoms with Gasteiger partial charge in [0.1, 0.15) is 5.75 Å². The van der Waals surface area contributed by atoms with Crippen LogP contribution in [0.4, 0.5) is 11.4 Å². The van der Waals surface area contributed by atoms with E-state index < -0.39 is 0 Å². The normalized spacial score (nSPS) is 9.70. The Bertz CT molecular complexity index is 587. The number of nitrogens with zero attached hydrogens (tertiary/aromatic N) is 1. The number of thiocarbonyl (C=S) groups is 1. The lowest BCUT2D eigenvalue weighted by atomic mass is 10.3. The van der Waals surface area contributed by atoms with Gasteiger partial charge in [0.2, 0.25) is 5.88 Å². The van der Waals surface area contributed by atoms with Crippen LogP contribution in [-0.4, -0.2) is 24.3 Å². The molecule has 0 aliphatic rings. The number of benzene rings is 1. The van der Waals surface area contributed by atoms with Crippen molar-refractivity contribution in [3.63, 3.8) is 0 Å². The zero-order chi connectivity index (χ0) is 14.4. The standard InChI is InChI=1S/C14H15N3O2S/c1-18-12-6-4-3-5-11(12)17-14(20)16-10-7-8-13(19-2)15-9-10/h3-9H,1-2H3,(H2,16,17,20). The molecular weight excluding hydrogens is 274 g/mol. The first-order chi connectivity index (χ1) is 9.72. The number of anilines is 2. The predicted molar refractivity (Wildman–Crippen MR) is 83.6 cm³/mol. The van der Waals surface area contributed by atoms with Crippen LogP contribution in [0.15, 0.2) is 42.6 Å². The van der Waals surface area contributed by atoms with Gasteiger partial charge in [-0.3, -0.25) is 0 Å².